The van der Waals surface area contributed by atoms with E-state index in [9.17, 15) is 9.59 Å². The molecule has 0 aliphatic heterocycles. The number of hydrogen-bond acceptors (Lipinski definition) is 3. The summed E-state index contributed by atoms with van der Waals surface area (Å²) in [4.78, 5) is 22.8. The lowest BCUT2D eigenvalue weighted by molar-refractivity contribution is 0.0661. The van der Waals surface area contributed by atoms with E-state index in [4.69, 9.17) is 9.52 Å². The van der Waals surface area contributed by atoms with E-state index < -0.39 is 5.97 Å². The molecule has 2 aromatic rings. The molecule has 0 saturated heterocycles. The van der Waals surface area contributed by atoms with E-state index in [-0.39, 0.29) is 17.9 Å². The number of aryl methyl sites for hydroxylation is 2. The van der Waals surface area contributed by atoms with Crippen molar-refractivity contribution < 1.29 is 14.3 Å². The summed E-state index contributed by atoms with van der Waals surface area (Å²) in [6, 6.07) is 3.18. The third-order valence-electron chi connectivity index (χ3n) is 2.80. The number of carbonyl (C=O) groups is 1. The van der Waals surface area contributed by atoms with Gasteiger partial charge in [-0.1, -0.05) is 0 Å². The molecular formula is C13H12BrNO4. The molecule has 0 aromatic carbocycles. The van der Waals surface area contributed by atoms with Crippen LogP contribution in [0.5, 0.6) is 0 Å². The van der Waals surface area contributed by atoms with Gasteiger partial charge in [0.05, 0.1) is 6.54 Å². The zero-order valence-corrected chi connectivity index (χ0v) is 12.0. The molecule has 2 heterocycles. The molecule has 0 aliphatic rings. The van der Waals surface area contributed by atoms with Gasteiger partial charge in [-0.15, -0.1) is 0 Å². The Morgan fingerprint density at radius 3 is 2.68 bits per heavy atom. The standard InChI is InChI=1S/C13H12BrNO4/c1-7-3-10(14)6-15(12(7)16)5-9-4-11(13(17)18)19-8(9)2/h3-4,6H,5H2,1-2H3,(H,17,18). The normalized spacial score (nSPS) is 10.7. The molecule has 100 valence electrons. The van der Waals surface area contributed by atoms with Crippen molar-refractivity contribution in [1.29, 1.82) is 0 Å². The van der Waals surface area contributed by atoms with Crippen LogP contribution >= 0.6 is 15.9 Å². The molecule has 0 saturated carbocycles. The van der Waals surface area contributed by atoms with Gasteiger partial charge < -0.3 is 14.1 Å². The Hall–Kier alpha value is -1.82. The van der Waals surface area contributed by atoms with Crippen molar-refractivity contribution in [2.24, 2.45) is 0 Å². The Balaban J connectivity index is 2.42. The van der Waals surface area contributed by atoms with Crippen LogP contribution in [0.25, 0.3) is 0 Å². The van der Waals surface area contributed by atoms with E-state index in [1.165, 1.54) is 10.6 Å². The molecule has 0 aliphatic carbocycles. The molecule has 6 heteroatoms. The molecule has 0 spiro atoms. The number of rotatable bonds is 3. The van der Waals surface area contributed by atoms with E-state index in [0.29, 0.717) is 16.9 Å². The fourth-order valence-corrected chi connectivity index (χ4v) is 2.41. The summed E-state index contributed by atoms with van der Waals surface area (Å²) in [5, 5.41) is 8.86. The van der Waals surface area contributed by atoms with E-state index in [2.05, 4.69) is 15.9 Å². The van der Waals surface area contributed by atoms with Crippen LogP contribution < -0.4 is 5.56 Å². The Kier molecular flexibility index (Phi) is 3.61. The third-order valence-corrected chi connectivity index (χ3v) is 3.24. The molecule has 1 N–H and O–H groups in total. The van der Waals surface area contributed by atoms with Gasteiger partial charge in [0.15, 0.2) is 0 Å². The highest BCUT2D eigenvalue weighted by molar-refractivity contribution is 9.10. The first-order valence-corrected chi connectivity index (χ1v) is 6.37. The highest BCUT2D eigenvalue weighted by Crippen LogP contribution is 2.16. The van der Waals surface area contributed by atoms with Crippen LogP contribution in [0.15, 0.2) is 32.0 Å². The number of nitrogens with zero attached hydrogens (tertiary/aromatic N) is 1. The van der Waals surface area contributed by atoms with Gasteiger partial charge in [-0.3, -0.25) is 4.79 Å². The molecule has 0 bridgehead atoms. The largest absolute Gasteiger partial charge is 0.475 e. The Morgan fingerprint density at radius 1 is 1.42 bits per heavy atom. The van der Waals surface area contributed by atoms with Crippen molar-refractivity contribution >= 4 is 21.9 Å². The van der Waals surface area contributed by atoms with Crippen molar-refractivity contribution in [2.45, 2.75) is 20.4 Å². The predicted octanol–water partition coefficient (Wildman–Crippen LogP) is 2.57. The molecule has 0 unspecified atom stereocenters. The summed E-state index contributed by atoms with van der Waals surface area (Å²) in [7, 11) is 0. The summed E-state index contributed by atoms with van der Waals surface area (Å²) >= 11 is 3.33. The first-order valence-electron chi connectivity index (χ1n) is 5.57. The molecule has 5 nitrogen and oxygen atoms in total. The van der Waals surface area contributed by atoms with Crippen molar-refractivity contribution in [2.75, 3.05) is 0 Å². The lowest BCUT2D eigenvalue weighted by Gasteiger charge is -2.06. The Bertz CT molecular complexity index is 699. The number of furan rings is 1. The van der Waals surface area contributed by atoms with Gasteiger partial charge >= 0.3 is 5.97 Å². The summed E-state index contributed by atoms with van der Waals surface area (Å²) < 4.78 is 7.43. The summed E-state index contributed by atoms with van der Waals surface area (Å²) in [6.45, 7) is 3.69. The van der Waals surface area contributed by atoms with Crippen LogP contribution in [-0.2, 0) is 6.54 Å². The van der Waals surface area contributed by atoms with Crippen LogP contribution in [0, 0.1) is 13.8 Å². The second kappa shape index (κ2) is 5.05. The zero-order valence-electron chi connectivity index (χ0n) is 10.4. The minimum Gasteiger partial charge on any atom is -0.475 e. The molecule has 0 fully saturated rings. The molecule has 19 heavy (non-hydrogen) atoms. The number of carboxylic acid groups (broad SMARTS) is 1. The van der Waals surface area contributed by atoms with Gasteiger partial charge in [0.1, 0.15) is 5.76 Å². The fourth-order valence-electron chi connectivity index (χ4n) is 1.82. The van der Waals surface area contributed by atoms with Crippen molar-refractivity contribution in [3.8, 4) is 0 Å². The second-order valence-corrected chi connectivity index (χ2v) is 5.19. The lowest BCUT2D eigenvalue weighted by Crippen LogP contribution is -2.22. The SMILES string of the molecule is Cc1oc(C(=O)O)cc1Cn1cc(Br)cc(C)c1=O. The number of carboxylic acids is 1. The van der Waals surface area contributed by atoms with Crippen LogP contribution in [0.4, 0.5) is 0 Å². The van der Waals surface area contributed by atoms with Gasteiger partial charge in [0.25, 0.3) is 5.56 Å². The number of aromatic carboxylic acids is 1. The summed E-state index contributed by atoms with van der Waals surface area (Å²) in [6.07, 6.45) is 1.67. The molecule has 2 rings (SSSR count). The first kappa shape index (κ1) is 13.6. The van der Waals surface area contributed by atoms with Gasteiger partial charge in [-0.25, -0.2) is 4.79 Å². The minimum absolute atomic E-state index is 0.110. The first-order chi connectivity index (χ1) is 8.88. The van der Waals surface area contributed by atoms with E-state index in [0.717, 1.165) is 4.47 Å². The topological polar surface area (TPSA) is 72.4 Å². The van der Waals surface area contributed by atoms with Crippen molar-refractivity contribution in [1.82, 2.24) is 4.57 Å². The predicted molar refractivity (Wildman–Crippen MR) is 72.6 cm³/mol. The second-order valence-electron chi connectivity index (χ2n) is 4.27. The molecule has 0 amide bonds. The molecule has 2 aromatic heterocycles. The van der Waals surface area contributed by atoms with Crippen molar-refractivity contribution in [3.05, 3.63) is 55.8 Å². The highest BCUT2D eigenvalue weighted by atomic mass is 79.9. The van der Waals surface area contributed by atoms with Crippen LogP contribution in [0.2, 0.25) is 0 Å². The summed E-state index contributed by atoms with van der Waals surface area (Å²) in [5.41, 5.74) is 1.19. The van der Waals surface area contributed by atoms with Gasteiger partial charge in [0.2, 0.25) is 5.76 Å². The number of aromatic nitrogens is 1. The van der Waals surface area contributed by atoms with E-state index >= 15 is 0 Å². The number of halogens is 1. The van der Waals surface area contributed by atoms with Gasteiger partial charge in [-0.05, 0) is 41.9 Å². The Labute approximate surface area is 117 Å². The maximum atomic E-state index is 12.0. The average Bonchev–Trinajstić information content (AvgIpc) is 2.67. The maximum Gasteiger partial charge on any atom is 0.371 e. The van der Waals surface area contributed by atoms with Crippen LogP contribution in [0.1, 0.15) is 27.4 Å². The monoisotopic (exact) mass is 325 g/mol. The Morgan fingerprint density at radius 2 is 2.11 bits per heavy atom. The van der Waals surface area contributed by atoms with Gasteiger partial charge in [-0.2, -0.15) is 0 Å². The maximum absolute atomic E-state index is 12.0. The minimum atomic E-state index is -1.12. The highest BCUT2D eigenvalue weighted by Gasteiger charge is 2.14. The quantitative estimate of drug-likeness (QED) is 0.941. The van der Waals surface area contributed by atoms with Crippen molar-refractivity contribution in [3.63, 3.8) is 0 Å². The number of hydrogen-bond donors (Lipinski definition) is 1. The van der Waals surface area contributed by atoms with Gasteiger partial charge in [0, 0.05) is 21.8 Å². The average molecular weight is 326 g/mol. The lowest BCUT2D eigenvalue weighted by atomic mass is 10.2. The number of pyridine rings is 1. The van der Waals surface area contributed by atoms with E-state index in [1.807, 2.05) is 0 Å². The zero-order chi connectivity index (χ0) is 14.2. The van der Waals surface area contributed by atoms with Crippen LogP contribution in [-0.4, -0.2) is 15.6 Å². The molecule has 0 radical (unpaired) electrons. The van der Waals surface area contributed by atoms with Crippen LogP contribution in [0.3, 0.4) is 0 Å². The fraction of sp³-hybridized carbons (Fsp3) is 0.231. The molecule has 0 atom stereocenters. The van der Waals surface area contributed by atoms with E-state index in [1.54, 1.807) is 26.1 Å². The third kappa shape index (κ3) is 2.78. The smallest absolute Gasteiger partial charge is 0.371 e. The molecular weight excluding hydrogens is 314 g/mol. The summed E-state index contributed by atoms with van der Waals surface area (Å²) in [5.74, 6) is -0.735.